The maximum atomic E-state index is 12.5. The molecule has 1 aromatic carbocycles. The summed E-state index contributed by atoms with van der Waals surface area (Å²) in [5, 5.41) is 6.53. The Hall–Kier alpha value is -0.910. The van der Waals surface area contributed by atoms with Crippen molar-refractivity contribution in [1.29, 1.82) is 0 Å². The fraction of sp³-hybridized carbons (Fsp3) is 0.611. The maximum Gasteiger partial charge on any atom is 0.237 e. The van der Waals surface area contributed by atoms with Crippen LogP contribution in [0, 0.1) is 0 Å². The minimum Gasteiger partial charge on any atom is -0.381 e. The van der Waals surface area contributed by atoms with Crippen LogP contribution in [0.15, 0.2) is 28.7 Å². The van der Waals surface area contributed by atoms with Crippen LogP contribution in [-0.4, -0.2) is 38.3 Å². The Bertz CT molecular complexity index is 538. The lowest BCUT2D eigenvalue weighted by Gasteiger charge is -2.38. The molecule has 5 heteroatoms. The molecule has 4 nitrogen and oxygen atoms in total. The Balaban J connectivity index is 1.70. The number of hydrogen-bond donors (Lipinski definition) is 2. The van der Waals surface area contributed by atoms with E-state index in [0.29, 0.717) is 6.54 Å². The summed E-state index contributed by atoms with van der Waals surface area (Å²) in [6, 6.07) is 8.43. The van der Waals surface area contributed by atoms with Crippen molar-refractivity contribution in [3.8, 4) is 0 Å². The van der Waals surface area contributed by atoms with Crippen molar-refractivity contribution < 1.29 is 9.53 Å². The standard InChI is InChI=1S/C18H25BrN2O2/c19-15-5-3-4-14(12-15)18(7-10-23-11-8-18)13-21-17(22)16-6-1-2-9-20-16/h3-5,12,16,20H,1-2,6-11,13H2,(H,21,22). The first-order valence-electron chi connectivity index (χ1n) is 8.55. The van der Waals surface area contributed by atoms with Gasteiger partial charge in [-0.2, -0.15) is 0 Å². The minimum atomic E-state index is -0.0249. The van der Waals surface area contributed by atoms with Crippen molar-refractivity contribution in [1.82, 2.24) is 10.6 Å². The van der Waals surface area contributed by atoms with Gasteiger partial charge in [0.15, 0.2) is 0 Å². The SMILES string of the molecule is O=C(NCC1(c2cccc(Br)c2)CCOCC1)C1CCCCN1. The van der Waals surface area contributed by atoms with Crippen molar-refractivity contribution in [2.45, 2.75) is 43.6 Å². The van der Waals surface area contributed by atoms with Gasteiger partial charge in [-0.15, -0.1) is 0 Å². The number of amides is 1. The molecule has 23 heavy (non-hydrogen) atoms. The Morgan fingerprint density at radius 3 is 2.87 bits per heavy atom. The molecular weight excluding hydrogens is 356 g/mol. The smallest absolute Gasteiger partial charge is 0.237 e. The van der Waals surface area contributed by atoms with Gasteiger partial charge in [-0.3, -0.25) is 4.79 Å². The van der Waals surface area contributed by atoms with Gasteiger partial charge in [0.25, 0.3) is 0 Å². The van der Waals surface area contributed by atoms with Crippen LogP contribution in [0.3, 0.4) is 0 Å². The third-order valence-corrected chi connectivity index (χ3v) is 5.61. The molecule has 1 atom stereocenters. The first-order valence-corrected chi connectivity index (χ1v) is 9.34. The molecule has 0 aliphatic carbocycles. The van der Waals surface area contributed by atoms with E-state index in [4.69, 9.17) is 4.74 Å². The van der Waals surface area contributed by atoms with E-state index in [1.165, 1.54) is 12.0 Å². The third kappa shape index (κ3) is 4.14. The van der Waals surface area contributed by atoms with E-state index in [9.17, 15) is 4.79 Å². The molecule has 2 aliphatic rings. The lowest BCUT2D eigenvalue weighted by Crippen LogP contribution is -2.51. The van der Waals surface area contributed by atoms with Gasteiger partial charge in [-0.1, -0.05) is 34.5 Å². The largest absolute Gasteiger partial charge is 0.381 e. The van der Waals surface area contributed by atoms with Gasteiger partial charge in [0.2, 0.25) is 5.91 Å². The Morgan fingerprint density at radius 2 is 2.17 bits per heavy atom. The van der Waals surface area contributed by atoms with Crippen LogP contribution in [0.4, 0.5) is 0 Å². The van der Waals surface area contributed by atoms with Gasteiger partial charge < -0.3 is 15.4 Å². The summed E-state index contributed by atoms with van der Waals surface area (Å²) in [5.41, 5.74) is 1.26. The fourth-order valence-corrected chi connectivity index (χ4v) is 4.00. The molecular formula is C18H25BrN2O2. The molecule has 0 aromatic heterocycles. The summed E-state index contributed by atoms with van der Waals surface area (Å²) in [4.78, 5) is 12.5. The third-order valence-electron chi connectivity index (χ3n) is 5.11. The zero-order valence-corrected chi connectivity index (χ0v) is 15.0. The number of carbonyl (C=O) groups is 1. The monoisotopic (exact) mass is 380 g/mol. The van der Waals surface area contributed by atoms with Crippen LogP contribution in [0.2, 0.25) is 0 Å². The average molecular weight is 381 g/mol. The first kappa shape index (κ1) is 16.9. The summed E-state index contributed by atoms with van der Waals surface area (Å²) in [7, 11) is 0. The first-order chi connectivity index (χ1) is 11.2. The van der Waals surface area contributed by atoms with Crippen LogP contribution >= 0.6 is 15.9 Å². The van der Waals surface area contributed by atoms with Crippen LogP contribution in [0.25, 0.3) is 0 Å². The highest BCUT2D eigenvalue weighted by molar-refractivity contribution is 9.10. The van der Waals surface area contributed by atoms with E-state index < -0.39 is 0 Å². The molecule has 2 fully saturated rings. The molecule has 2 saturated heterocycles. The van der Waals surface area contributed by atoms with Gasteiger partial charge in [-0.05, 0) is 49.9 Å². The summed E-state index contributed by atoms with van der Waals surface area (Å²) in [6.07, 6.45) is 5.14. The molecule has 126 valence electrons. The second-order valence-electron chi connectivity index (χ2n) is 6.62. The van der Waals surface area contributed by atoms with E-state index in [2.05, 4.69) is 44.8 Å². The lowest BCUT2D eigenvalue weighted by atomic mass is 9.74. The fourth-order valence-electron chi connectivity index (χ4n) is 3.60. The summed E-state index contributed by atoms with van der Waals surface area (Å²) in [6.45, 7) is 3.14. The zero-order valence-electron chi connectivity index (χ0n) is 13.4. The number of carbonyl (C=O) groups excluding carboxylic acids is 1. The molecule has 0 spiro atoms. The molecule has 2 heterocycles. The zero-order chi connectivity index (χ0) is 16.1. The normalized spacial score (nSPS) is 24.1. The number of nitrogens with one attached hydrogen (secondary N) is 2. The summed E-state index contributed by atoms with van der Waals surface area (Å²) in [5.74, 6) is 0.144. The van der Waals surface area contributed by atoms with Gasteiger partial charge in [-0.25, -0.2) is 0 Å². The number of ether oxygens (including phenoxy) is 1. The van der Waals surface area contributed by atoms with Gasteiger partial charge in [0.05, 0.1) is 6.04 Å². The van der Waals surface area contributed by atoms with Gasteiger partial charge >= 0.3 is 0 Å². The topological polar surface area (TPSA) is 50.4 Å². The maximum absolute atomic E-state index is 12.5. The second kappa shape index (κ2) is 7.77. The van der Waals surface area contributed by atoms with Crippen molar-refractivity contribution in [2.24, 2.45) is 0 Å². The average Bonchev–Trinajstić information content (AvgIpc) is 2.61. The van der Waals surface area contributed by atoms with Crippen LogP contribution in [0.1, 0.15) is 37.7 Å². The predicted octanol–water partition coefficient (Wildman–Crippen LogP) is 2.76. The highest BCUT2D eigenvalue weighted by Gasteiger charge is 2.35. The van der Waals surface area contributed by atoms with Crippen molar-refractivity contribution in [2.75, 3.05) is 26.3 Å². The van der Waals surface area contributed by atoms with E-state index >= 15 is 0 Å². The number of halogens is 1. The Labute approximate surface area is 146 Å². The van der Waals surface area contributed by atoms with Crippen molar-refractivity contribution >= 4 is 21.8 Å². The molecule has 1 amide bonds. The molecule has 0 saturated carbocycles. The van der Waals surface area contributed by atoms with E-state index in [0.717, 1.165) is 49.9 Å². The molecule has 2 N–H and O–H groups in total. The summed E-state index contributed by atoms with van der Waals surface area (Å²) >= 11 is 3.57. The van der Waals surface area contributed by atoms with Crippen LogP contribution in [0.5, 0.6) is 0 Å². The van der Waals surface area contributed by atoms with Crippen molar-refractivity contribution in [3.05, 3.63) is 34.3 Å². The minimum absolute atomic E-state index is 0.0215. The number of rotatable bonds is 4. The molecule has 2 aliphatic heterocycles. The number of hydrogen-bond acceptors (Lipinski definition) is 3. The Morgan fingerprint density at radius 1 is 1.35 bits per heavy atom. The van der Waals surface area contributed by atoms with E-state index in [1.54, 1.807) is 0 Å². The van der Waals surface area contributed by atoms with E-state index in [1.807, 2.05) is 6.07 Å². The summed E-state index contributed by atoms with van der Waals surface area (Å²) < 4.78 is 6.65. The van der Waals surface area contributed by atoms with Crippen LogP contribution < -0.4 is 10.6 Å². The molecule has 0 radical (unpaired) electrons. The molecule has 3 rings (SSSR count). The second-order valence-corrected chi connectivity index (χ2v) is 7.54. The van der Waals surface area contributed by atoms with Gasteiger partial charge in [0, 0.05) is 29.6 Å². The highest BCUT2D eigenvalue weighted by atomic mass is 79.9. The number of benzene rings is 1. The quantitative estimate of drug-likeness (QED) is 0.844. The lowest BCUT2D eigenvalue weighted by molar-refractivity contribution is -0.124. The van der Waals surface area contributed by atoms with Gasteiger partial charge in [0.1, 0.15) is 0 Å². The Kier molecular flexibility index (Phi) is 5.72. The predicted molar refractivity (Wildman–Crippen MR) is 94.5 cm³/mol. The van der Waals surface area contributed by atoms with E-state index in [-0.39, 0.29) is 17.4 Å². The highest BCUT2D eigenvalue weighted by Crippen LogP contribution is 2.35. The number of piperidine rings is 1. The molecule has 1 aromatic rings. The van der Waals surface area contributed by atoms with Crippen molar-refractivity contribution in [3.63, 3.8) is 0 Å². The molecule has 0 bridgehead atoms. The molecule has 1 unspecified atom stereocenters. The van der Waals surface area contributed by atoms with Crippen LogP contribution in [-0.2, 0) is 14.9 Å².